The second-order valence-corrected chi connectivity index (χ2v) is 7.04. The first-order valence-corrected chi connectivity index (χ1v) is 9.68. The lowest BCUT2D eigenvalue weighted by Crippen LogP contribution is -2.09. The highest BCUT2D eigenvalue weighted by molar-refractivity contribution is 6.33. The average Bonchev–Trinajstić information content (AvgIpc) is 2.72. The van der Waals surface area contributed by atoms with E-state index in [1.165, 1.54) is 7.11 Å². The van der Waals surface area contributed by atoms with Gasteiger partial charge in [0.05, 0.1) is 18.4 Å². The van der Waals surface area contributed by atoms with Crippen molar-refractivity contribution in [2.45, 2.75) is 26.4 Å². The lowest BCUT2D eigenvalue weighted by molar-refractivity contribution is -0.137. The molecule has 0 saturated carbocycles. The molecule has 1 N–H and O–H groups in total. The monoisotopic (exact) mass is 452 g/mol. The van der Waals surface area contributed by atoms with Gasteiger partial charge in [-0.05, 0) is 44.0 Å². The maximum Gasteiger partial charge on any atom is 0.417 e. The van der Waals surface area contributed by atoms with Crippen molar-refractivity contribution >= 4 is 17.4 Å². The quantitative estimate of drug-likeness (QED) is 0.502. The highest BCUT2D eigenvalue weighted by Crippen LogP contribution is 2.33. The number of hydrogen-bond donors (Lipinski definition) is 1. The third-order valence-corrected chi connectivity index (χ3v) is 4.79. The molecule has 0 atom stereocenters. The van der Waals surface area contributed by atoms with E-state index in [-0.39, 0.29) is 5.88 Å². The predicted octanol–water partition coefficient (Wildman–Crippen LogP) is 5.62. The van der Waals surface area contributed by atoms with E-state index < -0.39 is 11.7 Å². The molecule has 2 heterocycles. The summed E-state index contributed by atoms with van der Waals surface area (Å²) >= 11 is 6.23. The van der Waals surface area contributed by atoms with Crippen LogP contribution in [0.25, 0.3) is 0 Å². The summed E-state index contributed by atoms with van der Waals surface area (Å²) in [5.74, 6) is 2.02. The van der Waals surface area contributed by atoms with Crippen LogP contribution >= 0.6 is 11.6 Å². The zero-order valence-corrected chi connectivity index (χ0v) is 17.8. The van der Waals surface area contributed by atoms with Crippen molar-refractivity contribution in [3.05, 3.63) is 64.2 Å². The van der Waals surface area contributed by atoms with E-state index in [1.807, 2.05) is 13.0 Å². The van der Waals surface area contributed by atoms with Gasteiger partial charge >= 0.3 is 6.18 Å². The van der Waals surface area contributed by atoms with Crippen molar-refractivity contribution in [3.63, 3.8) is 0 Å². The molecule has 0 aliphatic carbocycles. The van der Waals surface area contributed by atoms with Crippen LogP contribution in [0.5, 0.6) is 17.4 Å². The maximum absolute atomic E-state index is 12.7. The molecule has 0 bridgehead atoms. The molecule has 0 radical (unpaired) electrons. The summed E-state index contributed by atoms with van der Waals surface area (Å²) in [5, 5.41) is 3.68. The molecule has 2 aromatic heterocycles. The molecule has 0 aliphatic rings. The van der Waals surface area contributed by atoms with Gasteiger partial charge < -0.3 is 14.8 Å². The van der Waals surface area contributed by atoms with Gasteiger partial charge in [0.25, 0.3) is 0 Å². The zero-order valence-electron chi connectivity index (χ0n) is 17.0. The number of nitrogens with one attached hydrogen (secondary N) is 1. The molecule has 10 heteroatoms. The largest absolute Gasteiger partial charge is 0.493 e. The number of aromatic nitrogens is 3. The number of benzene rings is 1. The Morgan fingerprint density at radius 2 is 1.84 bits per heavy atom. The Kier molecular flexibility index (Phi) is 6.84. The first-order chi connectivity index (χ1) is 14.7. The Morgan fingerprint density at radius 1 is 1.06 bits per heavy atom. The van der Waals surface area contributed by atoms with Crippen LogP contribution in [0, 0.1) is 13.8 Å². The van der Waals surface area contributed by atoms with Gasteiger partial charge in [0, 0.05) is 18.8 Å². The summed E-state index contributed by atoms with van der Waals surface area (Å²) in [5.41, 5.74) is 0.816. The number of pyridine rings is 1. The molecule has 0 spiro atoms. The molecule has 3 rings (SSSR count). The number of methoxy groups -OCH3 is 1. The van der Waals surface area contributed by atoms with Gasteiger partial charge in [-0.2, -0.15) is 13.2 Å². The number of rotatable bonds is 7. The number of hydrogen-bond acceptors (Lipinski definition) is 6. The average molecular weight is 453 g/mol. The van der Waals surface area contributed by atoms with Crippen LogP contribution in [0.4, 0.5) is 19.0 Å². The molecular weight excluding hydrogens is 433 g/mol. The van der Waals surface area contributed by atoms with E-state index >= 15 is 0 Å². The fourth-order valence-corrected chi connectivity index (χ4v) is 2.97. The lowest BCUT2D eigenvalue weighted by atomic mass is 10.1. The van der Waals surface area contributed by atoms with E-state index in [9.17, 15) is 13.2 Å². The van der Waals surface area contributed by atoms with E-state index in [0.717, 1.165) is 23.9 Å². The smallest absolute Gasteiger partial charge is 0.417 e. The normalized spacial score (nSPS) is 11.3. The fourth-order valence-electron chi connectivity index (χ4n) is 2.81. The second kappa shape index (κ2) is 9.38. The lowest BCUT2D eigenvalue weighted by Gasteiger charge is -2.13. The summed E-state index contributed by atoms with van der Waals surface area (Å²) in [6.07, 6.45) is -3.08. The number of alkyl halides is 3. The maximum atomic E-state index is 12.7. The molecule has 0 unspecified atom stereocenters. The SMILES string of the molecule is COc1cc(CCNc2nc(C)nc(C)c2Cl)ccc1Oc1ccc(C(F)(F)F)cn1. The van der Waals surface area contributed by atoms with E-state index in [1.54, 1.807) is 19.1 Å². The van der Waals surface area contributed by atoms with E-state index in [4.69, 9.17) is 21.1 Å². The van der Waals surface area contributed by atoms with Gasteiger partial charge in [0.15, 0.2) is 11.5 Å². The third-order valence-electron chi connectivity index (χ3n) is 4.34. The highest BCUT2D eigenvalue weighted by atomic mass is 35.5. The molecule has 0 amide bonds. The second-order valence-electron chi connectivity index (χ2n) is 6.67. The summed E-state index contributed by atoms with van der Waals surface area (Å²) in [4.78, 5) is 12.2. The molecule has 164 valence electrons. The van der Waals surface area contributed by atoms with Gasteiger partial charge in [-0.15, -0.1) is 0 Å². The standard InChI is InChI=1S/C21H20ClF3N4O2/c1-12-19(22)20(29-13(2)28-12)26-9-8-14-4-6-16(17(10-14)30-3)31-18-7-5-15(11-27-18)21(23,24)25/h4-7,10-11H,8-9H2,1-3H3,(H,26,28,29). The molecular formula is C21H20ClF3N4O2. The summed E-state index contributed by atoms with van der Waals surface area (Å²) < 4.78 is 48.9. The van der Waals surface area contributed by atoms with Crippen LogP contribution in [0.15, 0.2) is 36.5 Å². The molecule has 3 aromatic rings. The van der Waals surface area contributed by atoms with E-state index in [2.05, 4.69) is 20.3 Å². The molecule has 0 fully saturated rings. The minimum absolute atomic E-state index is 0.0323. The van der Waals surface area contributed by atoms with Gasteiger partial charge in [0.1, 0.15) is 16.7 Å². The van der Waals surface area contributed by atoms with Crippen LogP contribution in [0.3, 0.4) is 0 Å². The number of ether oxygens (including phenoxy) is 2. The first-order valence-electron chi connectivity index (χ1n) is 9.30. The minimum atomic E-state index is -4.45. The van der Waals surface area contributed by atoms with Crippen molar-refractivity contribution in [1.82, 2.24) is 15.0 Å². The molecule has 6 nitrogen and oxygen atoms in total. The van der Waals surface area contributed by atoms with Crippen molar-refractivity contribution < 1.29 is 22.6 Å². The molecule has 31 heavy (non-hydrogen) atoms. The summed E-state index contributed by atoms with van der Waals surface area (Å²) in [6.45, 7) is 4.18. The van der Waals surface area contributed by atoms with Crippen molar-refractivity contribution in [2.75, 3.05) is 19.0 Å². The minimum Gasteiger partial charge on any atom is -0.493 e. The van der Waals surface area contributed by atoms with Gasteiger partial charge in [-0.3, -0.25) is 0 Å². The van der Waals surface area contributed by atoms with Crippen molar-refractivity contribution in [2.24, 2.45) is 0 Å². The van der Waals surface area contributed by atoms with Crippen molar-refractivity contribution in [3.8, 4) is 17.4 Å². The molecule has 1 aromatic carbocycles. The highest BCUT2D eigenvalue weighted by Gasteiger charge is 2.30. The Labute approximate surface area is 182 Å². The molecule has 0 aliphatic heterocycles. The fraction of sp³-hybridized carbons (Fsp3) is 0.286. The third kappa shape index (κ3) is 5.75. The van der Waals surface area contributed by atoms with Crippen molar-refractivity contribution in [1.29, 1.82) is 0 Å². The van der Waals surface area contributed by atoms with Crippen LogP contribution in [-0.2, 0) is 12.6 Å². The van der Waals surface area contributed by atoms with Crippen LogP contribution in [0.2, 0.25) is 5.02 Å². The van der Waals surface area contributed by atoms with Crippen LogP contribution in [0.1, 0.15) is 22.6 Å². The van der Waals surface area contributed by atoms with E-state index in [0.29, 0.717) is 46.8 Å². The summed E-state index contributed by atoms with van der Waals surface area (Å²) in [6, 6.07) is 7.38. The number of halogens is 4. The van der Waals surface area contributed by atoms with Gasteiger partial charge in [0.2, 0.25) is 5.88 Å². The number of anilines is 1. The van der Waals surface area contributed by atoms with Crippen LogP contribution < -0.4 is 14.8 Å². The van der Waals surface area contributed by atoms with Gasteiger partial charge in [-0.1, -0.05) is 17.7 Å². The Morgan fingerprint density at radius 3 is 2.48 bits per heavy atom. The Balaban J connectivity index is 1.66. The first kappa shape index (κ1) is 22.6. The van der Waals surface area contributed by atoms with Gasteiger partial charge in [-0.25, -0.2) is 15.0 Å². The topological polar surface area (TPSA) is 69.2 Å². The van der Waals surface area contributed by atoms with Crippen LogP contribution in [-0.4, -0.2) is 28.6 Å². The molecule has 0 saturated heterocycles. The Hall–Kier alpha value is -3.07. The Bertz CT molecular complexity index is 1060. The predicted molar refractivity (Wildman–Crippen MR) is 111 cm³/mol. The number of aryl methyl sites for hydroxylation is 2. The number of nitrogens with zero attached hydrogens (tertiary/aromatic N) is 3. The summed E-state index contributed by atoms with van der Waals surface area (Å²) in [7, 11) is 1.48. The zero-order chi connectivity index (χ0) is 22.6.